The average Bonchev–Trinajstić information content (AvgIpc) is 2.89. The molecule has 2 aliphatic heterocycles. The van der Waals surface area contributed by atoms with Crippen LogP contribution in [0.2, 0.25) is 0 Å². The monoisotopic (exact) mass is 476 g/mol. The molecule has 4 atom stereocenters. The van der Waals surface area contributed by atoms with Crippen LogP contribution in [-0.4, -0.2) is 61.0 Å². The SMILES string of the molecule is CC1(CI)SC2C(NC(=O)COc3ccccc3)C(=O)N2C1C(=O)O. The van der Waals surface area contributed by atoms with Crippen molar-refractivity contribution in [3.63, 3.8) is 0 Å². The van der Waals surface area contributed by atoms with Gasteiger partial charge in [0.05, 0.1) is 4.75 Å². The molecule has 2 fully saturated rings. The number of aliphatic carboxylic acids is 1. The molecule has 9 heteroatoms. The lowest BCUT2D eigenvalue weighted by Gasteiger charge is -2.43. The highest BCUT2D eigenvalue weighted by atomic mass is 127. The molecule has 1 aromatic rings. The molecule has 0 aromatic heterocycles. The van der Waals surface area contributed by atoms with Crippen LogP contribution in [0.4, 0.5) is 0 Å². The Morgan fingerprint density at radius 1 is 1.40 bits per heavy atom. The highest BCUT2D eigenvalue weighted by molar-refractivity contribution is 14.1. The summed E-state index contributed by atoms with van der Waals surface area (Å²) in [5.74, 6) is -1.21. The van der Waals surface area contributed by atoms with E-state index in [0.717, 1.165) is 0 Å². The van der Waals surface area contributed by atoms with Crippen molar-refractivity contribution in [2.24, 2.45) is 0 Å². The van der Waals surface area contributed by atoms with Crippen molar-refractivity contribution in [2.75, 3.05) is 11.0 Å². The number of nitrogens with zero attached hydrogens (tertiary/aromatic N) is 1. The van der Waals surface area contributed by atoms with Gasteiger partial charge in [-0.1, -0.05) is 40.8 Å². The molecule has 3 rings (SSSR count). The van der Waals surface area contributed by atoms with E-state index in [9.17, 15) is 19.5 Å². The highest BCUT2D eigenvalue weighted by Crippen LogP contribution is 2.51. The molecule has 0 aliphatic carbocycles. The Bertz CT molecular complexity index is 703. The van der Waals surface area contributed by atoms with Gasteiger partial charge in [-0.25, -0.2) is 4.79 Å². The Balaban J connectivity index is 1.61. The topological polar surface area (TPSA) is 95.9 Å². The van der Waals surface area contributed by atoms with E-state index >= 15 is 0 Å². The first-order chi connectivity index (χ1) is 11.9. The van der Waals surface area contributed by atoms with Gasteiger partial charge < -0.3 is 20.1 Å². The van der Waals surface area contributed by atoms with E-state index in [1.807, 2.05) is 13.0 Å². The predicted octanol–water partition coefficient (Wildman–Crippen LogP) is 1.11. The van der Waals surface area contributed by atoms with Crippen LogP contribution >= 0.6 is 34.4 Å². The highest BCUT2D eigenvalue weighted by Gasteiger charge is 2.65. The number of fused-ring (bicyclic) bond motifs is 1. The number of para-hydroxylation sites is 1. The number of β-lactam (4-membered cyclic amide) rings is 1. The molecule has 0 radical (unpaired) electrons. The first kappa shape index (κ1) is 18.3. The van der Waals surface area contributed by atoms with Crippen LogP contribution in [0.25, 0.3) is 0 Å². The van der Waals surface area contributed by atoms with Gasteiger partial charge in [-0.3, -0.25) is 9.59 Å². The molecule has 2 heterocycles. The van der Waals surface area contributed by atoms with Gasteiger partial charge in [-0.2, -0.15) is 0 Å². The number of rotatable bonds is 6. The number of halogens is 1. The zero-order valence-corrected chi connectivity index (χ0v) is 16.3. The summed E-state index contributed by atoms with van der Waals surface area (Å²) in [7, 11) is 0. The van der Waals surface area contributed by atoms with E-state index in [1.54, 1.807) is 24.3 Å². The van der Waals surface area contributed by atoms with Crippen molar-refractivity contribution < 1.29 is 24.2 Å². The van der Waals surface area contributed by atoms with Gasteiger partial charge in [-0.05, 0) is 19.1 Å². The summed E-state index contributed by atoms with van der Waals surface area (Å²) in [6, 6.07) is 7.33. The second-order valence-corrected chi connectivity index (χ2v) is 8.50. The molecule has 2 amide bonds. The summed E-state index contributed by atoms with van der Waals surface area (Å²) in [5.41, 5.74) is 0. The van der Waals surface area contributed by atoms with E-state index in [0.29, 0.717) is 10.2 Å². The van der Waals surface area contributed by atoms with Gasteiger partial charge in [-0.15, -0.1) is 11.8 Å². The molecule has 4 unspecified atom stereocenters. The first-order valence-corrected chi connectivity index (χ1v) is 10.0. The lowest BCUT2D eigenvalue weighted by atomic mass is 9.96. The lowest BCUT2D eigenvalue weighted by molar-refractivity contribution is -0.161. The van der Waals surface area contributed by atoms with Gasteiger partial charge in [0.15, 0.2) is 6.61 Å². The van der Waals surface area contributed by atoms with Crippen molar-refractivity contribution in [2.45, 2.75) is 29.1 Å². The average molecular weight is 476 g/mol. The molecular weight excluding hydrogens is 459 g/mol. The number of carbonyl (C=O) groups excluding carboxylic acids is 2. The molecule has 0 bridgehead atoms. The maximum absolute atomic E-state index is 12.4. The third-order valence-corrected chi connectivity index (χ3v) is 8.00. The fourth-order valence-corrected chi connectivity index (χ4v) is 5.59. The van der Waals surface area contributed by atoms with Crippen molar-refractivity contribution in [1.82, 2.24) is 10.2 Å². The van der Waals surface area contributed by atoms with E-state index in [4.69, 9.17) is 4.74 Å². The second-order valence-electron chi connectivity index (χ2n) is 6.09. The van der Waals surface area contributed by atoms with Gasteiger partial charge in [0, 0.05) is 4.43 Å². The van der Waals surface area contributed by atoms with Crippen LogP contribution in [0.1, 0.15) is 6.92 Å². The molecule has 25 heavy (non-hydrogen) atoms. The Morgan fingerprint density at radius 3 is 2.68 bits per heavy atom. The number of hydrogen-bond acceptors (Lipinski definition) is 5. The molecule has 7 nitrogen and oxygen atoms in total. The summed E-state index contributed by atoms with van der Waals surface area (Å²) in [6.07, 6.45) is 0. The van der Waals surface area contributed by atoms with Gasteiger partial charge in [0.2, 0.25) is 5.91 Å². The minimum atomic E-state index is -1.01. The minimum absolute atomic E-state index is 0.197. The van der Waals surface area contributed by atoms with Crippen molar-refractivity contribution in [3.05, 3.63) is 30.3 Å². The summed E-state index contributed by atoms with van der Waals surface area (Å²) in [6.45, 7) is 1.64. The second kappa shape index (κ2) is 7.02. The molecule has 2 N–H and O–H groups in total. The van der Waals surface area contributed by atoms with E-state index in [-0.39, 0.29) is 17.9 Å². The molecule has 2 aliphatic rings. The number of alkyl halides is 1. The number of hydrogen-bond donors (Lipinski definition) is 2. The normalized spacial score (nSPS) is 30.4. The third kappa shape index (κ3) is 3.31. The molecule has 2 saturated heterocycles. The van der Waals surface area contributed by atoms with Crippen molar-refractivity contribution in [3.8, 4) is 5.75 Å². The number of carbonyl (C=O) groups is 3. The Labute approximate surface area is 162 Å². The fraction of sp³-hybridized carbons (Fsp3) is 0.438. The molecular formula is C16H17IN2O5S. The number of amides is 2. The number of carboxylic acid groups (broad SMARTS) is 1. The van der Waals surface area contributed by atoms with Crippen molar-refractivity contribution in [1.29, 1.82) is 0 Å². The number of ether oxygens (including phenoxy) is 1. The maximum atomic E-state index is 12.4. The molecule has 1 aromatic carbocycles. The number of thioether (sulfide) groups is 1. The predicted molar refractivity (Wildman–Crippen MR) is 101 cm³/mol. The minimum Gasteiger partial charge on any atom is -0.484 e. The number of nitrogens with one attached hydrogen (secondary N) is 1. The van der Waals surface area contributed by atoms with E-state index < -0.39 is 28.7 Å². The Morgan fingerprint density at radius 2 is 2.08 bits per heavy atom. The van der Waals surface area contributed by atoms with Crippen molar-refractivity contribution >= 4 is 52.1 Å². The molecule has 0 saturated carbocycles. The van der Waals surface area contributed by atoms with Gasteiger partial charge in [0.1, 0.15) is 23.2 Å². The standard InChI is InChI=1S/C16H17IN2O5S/c1-16(8-17)12(15(22)23)19-13(21)11(14(19)25-16)18-10(20)7-24-9-5-3-2-4-6-9/h2-6,11-12,14H,7-8H2,1H3,(H,18,20)(H,22,23). The zero-order chi connectivity index (χ0) is 18.2. The maximum Gasteiger partial charge on any atom is 0.327 e. The fourth-order valence-electron chi connectivity index (χ4n) is 3.02. The third-order valence-electron chi connectivity index (χ3n) is 4.26. The van der Waals surface area contributed by atoms with Crippen LogP contribution in [0.3, 0.4) is 0 Å². The Hall–Kier alpha value is -1.49. The number of carboxylic acids is 1. The quantitative estimate of drug-likeness (QED) is 0.363. The summed E-state index contributed by atoms with van der Waals surface area (Å²) < 4.78 is 5.38. The molecule has 0 spiro atoms. The van der Waals surface area contributed by atoms with Gasteiger partial charge >= 0.3 is 5.97 Å². The summed E-state index contributed by atoms with van der Waals surface area (Å²) in [4.78, 5) is 37.4. The summed E-state index contributed by atoms with van der Waals surface area (Å²) >= 11 is 3.56. The molecule has 134 valence electrons. The first-order valence-electron chi connectivity index (χ1n) is 7.63. The largest absolute Gasteiger partial charge is 0.484 e. The van der Waals surface area contributed by atoms with Gasteiger partial charge in [0.25, 0.3) is 5.91 Å². The van der Waals surface area contributed by atoms with Crippen LogP contribution in [-0.2, 0) is 14.4 Å². The lowest BCUT2D eigenvalue weighted by Crippen LogP contribution is -2.71. The van der Waals surface area contributed by atoms with Crippen LogP contribution in [0, 0.1) is 0 Å². The van der Waals surface area contributed by atoms with E-state index in [2.05, 4.69) is 27.9 Å². The van der Waals surface area contributed by atoms with Crippen LogP contribution in [0.15, 0.2) is 30.3 Å². The Kier molecular flexibility index (Phi) is 5.14. The zero-order valence-electron chi connectivity index (χ0n) is 13.3. The van der Waals surface area contributed by atoms with E-state index in [1.165, 1.54) is 16.7 Å². The smallest absolute Gasteiger partial charge is 0.327 e. The van der Waals surface area contributed by atoms with Crippen LogP contribution in [0.5, 0.6) is 5.75 Å². The van der Waals surface area contributed by atoms with Crippen LogP contribution < -0.4 is 10.1 Å². The number of benzene rings is 1. The summed E-state index contributed by atoms with van der Waals surface area (Å²) in [5, 5.41) is 11.8.